The number of methoxy groups -OCH3 is 2. The first-order valence-corrected chi connectivity index (χ1v) is 15.9. The van der Waals surface area contributed by atoms with Crippen LogP contribution in [0.5, 0.6) is 11.5 Å². The van der Waals surface area contributed by atoms with Gasteiger partial charge in [-0.2, -0.15) is 0 Å². The molecule has 0 radical (unpaired) electrons. The van der Waals surface area contributed by atoms with Crippen LogP contribution >= 0.6 is 0 Å². The average molecular weight is 610 g/mol. The van der Waals surface area contributed by atoms with Gasteiger partial charge in [0, 0.05) is 13.1 Å². The molecule has 232 valence electrons. The largest absolute Gasteiger partial charge is 0.497 e. The molecule has 0 aromatic heterocycles. The Labute approximate surface area is 255 Å². The number of benzene rings is 3. The van der Waals surface area contributed by atoms with Gasteiger partial charge in [0.2, 0.25) is 11.8 Å². The summed E-state index contributed by atoms with van der Waals surface area (Å²) in [5, 5.41) is 2.94. The second kappa shape index (κ2) is 15.4. The van der Waals surface area contributed by atoms with E-state index in [0.29, 0.717) is 24.5 Å². The minimum atomic E-state index is -4.22. The van der Waals surface area contributed by atoms with Gasteiger partial charge in [0.15, 0.2) is 0 Å². The van der Waals surface area contributed by atoms with Gasteiger partial charge in [-0.25, -0.2) is 8.42 Å². The molecule has 9 nitrogen and oxygen atoms in total. The van der Waals surface area contributed by atoms with Crippen molar-refractivity contribution in [1.29, 1.82) is 0 Å². The molecule has 2 amide bonds. The van der Waals surface area contributed by atoms with Crippen molar-refractivity contribution in [2.75, 3.05) is 31.6 Å². The van der Waals surface area contributed by atoms with Crippen LogP contribution < -0.4 is 19.1 Å². The van der Waals surface area contributed by atoms with Crippen LogP contribution in [-0.4, -0.2) is 58.5 Å². The van der Waals surface area contributed by atoms with Gasteiger partial charge in [0.25, 0.3) is 10.0 Å². The van der Waals surface area contributed by atoms with E-state index in [1.54, 1.807) is 43.5 Å². The third-order valence-electron chi connectivity index (χ3n) is 7.19. The minimum Gasteiger partial charge on any atom is -0.497 e. The Bertz CT molecular complexity index is 1490. The summed E-state index contributed by atoms with van der Waals surface area (Å²) in [6.07, 6.45) is 2.06. The molecule has 0 fully saturated rings. The standard InChI is InChI=1S/C33H43N3O6S/c1-7-9-19-34-33(38)29(8-2)35(22-26-11-10-12-27(21-26)41-5)32(37)23-36(30-20-25(4)15-18-31(30)42-6)43(39,40)28-16-13-24(3)14-17-28/h10-18,20-21,29H,7-9,19,22-23H2,1-6H3,(H,34,38)/t29-/m0/s1. The van der Waals surface area contributed by atoms with Crippen molar-refractivity contribution in [3.8, 4) is 11.5 Å². The van der Waals surface area contributed by atoms with Crippen LogP contribution in [0.3, 0.4) is 0 Å². The zero-order valence-electron chi connectivity index (χ0n) is 25.9. The van der Waals surface area contributed by atoms with Crippen molar-refractivity contribution < 1.29 is 27.5 Å². The first kappa shape index (κ1) is 33.5. The van der Waals surface area contributed by atoms with Crippen LogP contribution in [0.1, 0.15) is 49.8 Å². The predicted molar refractivity (Wildman–Crippen MR) is 169 cm³/mol. The highest BCUT2D eigenvalue weighted by atomic mass is 32.2. The van der Waals surface area contributed by atoms with E-state index in [1.807, 2.05) is 45.9 Å². The molecule has 3 aromatic carbocycles. The van der Waals surface area contributed by atoms with Crippen molar-refractivity contribution in [2.24, 2.45) is 0 Å². The molecule has 0 heterocycles. The zero-order valence-corrected chi connectivity index (χ0v) is 26.7. The van der Waals surface area contributed by atoms with Gasteiger partial charge in [-0.1, -0.05) is 56.2 Å². The summed E-state index contributed by atoms with van der Waals surface area (Å²) < 4.78 is 40.3. The van der Waals surface area contributed by atoms with E-state index < -0.39 is 28.5 Å². The molecule has 1 N–H and O–H groups in total. The number of carbonyl (C=O) groups is 2. The topological polar surface area (TPSA) is 105 Å². The minimum absolute atomic E-state index is 0.0400. The highest BCUT2D eigenvalue weighted by molar-refractivity contribution is 7.92. The molecule has 10 heteroatoms. The lowest BCUT2D eigenvalue weighted by molar-refractivity contribution is -0.140. The van der Waals surface area contributed by atoms with Crippen LogP contribution in [0, 0.1) is 13.8 Å². The number of rotatable bonds is 15. The summed E-state index contributed by atoms with van der Waals surface area (Å²) in [6.45, 7) is 7.60. The summed E-state index contributed by atoms with van der Waals surface area (Å²) in [4.78, 5) is 29.2. The Kier molecular flexibility index (Phi) is 12.0. The van der Waals surface area contributed by atoms with Gasteiger partial charge >= 0.3 is 0 Å². The van der Waals surface area contributed by atoms with E-state index in [-0.39, 0.29) is 23.0 Å². The Morgan fingerprint density at radius 3 is 2.23 bits per heavy atom. The van der Waals surface area contributed by atoms with Crippen LogP contribution in [-0.2, 0) is 26.2 Å². The number of nitrogens with one attached hydrogen (secondary N) is 1. The molecule has 0 spiro atoms. The lowest BCUT2D eigenvalue weighted by Gasteiger charge is -2.33. The fraction of sp³-hybridized carbons (Fsp3) is 0.394. The molecule has 0 unspecified atom stereocenters. The summed E-state index contributed by atoms with van der Waals surface area (Å²) in [7, 11) is -1.21. The van der Waals surface area contributed by atoms with Crippen LogP contribution in [0.4, 0.5) is 5.69 Å². The quantitative estimate of drug-likeness (QED) is 0.236. The summed E-state index contributed by atoms with van der Waals surface area (Å²) in [5.41, 5.74) is 2.67. The predicted octanol–water partition coefficient (Wildman–Crippen LogP) is 5.24. The Morgan fingerprint density at radius 1 is 0.907 bits per heavy atom. The Hall–Kier alpha value is -4.05. The number of amides is 2. The molecule has 0 aliphatic rings. The number of ether oxygens (including phenoxy) is 2. The average Bonchev–Trinajstić information content (AvgIpc) is 3.00. The number of anilines is 1. The number of unbranched alkanes of at least 4 members (excludes halogenated alkanes) is 1. The summed E-state index contributed by atoms with van der Waals surface area (Å²) in [5.74, 6) is 0.101. The molecule has 43 heavy (non-hydrogen) atoms. The number of carbonyl (C=O) groups excluding carboxylic acids is 2. The Morgan fingerprint density at radius 2 is 1.60 bits per heavy atom. The van der Waals surface area contributed by atoms with Gasteiger partial charge in [-0.3, -0.25) is 13.9 Å². The number of sulfonamides is 1. The van der Waals surface area contributed by atoms with E-state index in [9.17, 15) is 18.0 Å². The van der Waals surface area contributed by atoms with E-state index in [0.717, 1.165) is 33.8 Å². The normalized spacial score (nSPS) is 11.9. The Balaban J connectivity index is 2.11. The molecule has 3 aromatic rings. The van der Waals surface area contributed by atoms with Crippen LogP contribution in [0.25, 0.3) is 0 Å². The van der Waals surface area contributed by atoms with Gasteiger partial charge in [0.05, 0.1) is 24.8 Å². The van der Waals surface area contributed by atoms with Crippen molar-refractivity contribution in [3.63, 3.8) is 0 Å². The molecular weight excluding hydrogens is 566 g/mol. The number of nitrogens with zero attached hydrogens (tertiary/aromatic N) is 2. The molecule has 0 saturated carbocycles. The number of hydrogen-bond acceptors (Lipinski definition) is 6. The highest BCUT2D eigenvalue weighted by Gasteiger charge is 2.34. The lowest BCUT2D eigenvalue weighted by atomic mass is 10.1. The zero-order chi connectivity index (χ0) is 31.6. The molecule has 1 atom stereocenters. The van der Waals surface area contributed by atoms with Crippen LogP contribution in [0.2, 0.25) is 0 Å². The van der Waals surface area contributed by atoms with Gasteiger partial charge < -0.3 is 19.7 Å². The monoisotopic (exact) mass is 609 g/mol. The maximum atomic E-state index is 14.3. The van der Waals surface area contributed by atoms with E-state index in [1.165, 1.54) is 24.1 Å². The highest BCUT2D eigenvalue weighted by Crippen LogP contribution is 2.34. The van der Waals surface area contributed by atoms with E-state index in [4.69, 9.17) is 9.47 Å². The van der Waals surface area contributed by atoms with Crippen molar-refractivity contribution in [3.05, 3.63) is 83.4 Å². The molecule has 0 saturated heterocycles. The SMILES string of the molecule is CCCCNC(=O)[C@H](CC)N(Cc1cccc(OC)c1)C(=O)CN(c1cc(C)ccc1OC)S(=O)(=O)c1ccc(C)cc1. The molecule has 0 aliphatic carbocycles. The fourth-order valence-electron chi connectivity index (χ4n) is 4.74. The fourth-order valence-corrected chi connectivity index (χ4v) is 6.16. The lowest BCUT2D eigenvalue weighted by Crippen LogP contribution is -2.52. The third-order valence-corrected chi connectivity index (χ3v) is 8.97. The van der Waals surface area contributed by atoms with Crippen molar-refractivity contribution in [2.45, 2.75) is 64.4 Å². The maximum absolute atomic E-state index is 14.3. The first-order valence-electron chi connectivity index (χ1n) is 14.5. The van der Waals surface area contributed by atoms with E-state index in [2.05, 4.69) is 5.32 Å². The molecule has 0 bridgehead atoms. The molecule has 3 rings (SSSR count). The smallest absolute Gasteiger partial charge is 0.264 e. The van der Waals surface area contributed by atoms with Gasteiger partial charge in [-0.15, -0.1) is 0 Å². The van der Waals surface area contributed by atoms with Gasteiger partial charge in [0.1, 0.15) is 24.1 Å². The second-order valence-electron chi connectivity index (χ2n) is 10.4. The van der Waals surface area contributed by atoms with Crippen molar-refractivity contribution in [1.82, 2.24) is 10.2 Å². The first-order chi connectivity index (χ1) is 20.5. The number of hydrogen-bond donors (Lipinski definition) is 1. The number of aryl methyl sites for hydroxylation is 2. The molecule has 0 aliphatic heterocycles. The van der Waals surface area contributed by atoms with Crippen molar-refractivity contribution >= 4 is 27.5 Å². The van der Waals surface area contributed by atoms with E-state index >= 15 is 0 Å². The molecular formula is C33H43N3O6S. The maximum Gasteiger partial charge on any atom is 0.264 e. The van der Waals surface area contributed by atoms with Crippen LogP contribution in [0.15, 0.2) is 71.6 Å². The second-order valence-corrected chi connectivity index (χ2v) is 12.3. The summed E-state index contributed by atoms with van der Waals surface area (Å²) in [6, 6.07) is 18.1. The summed E-state index contributed by atoms with van der Waals surface area (Å²) >= 11 is 0. The van der Waals surface area contributed by atoms with Gasteiger partial charge in [-0.05, 0) is 74.2 Å². The third kappa shape index (κ3) is 8.50.